The van der Waals surface area contributed by atoms with Crippen LogP contribution in [0.2, 0.25) is 0 Å². The molecule has 4 heteroatoms. The van der Waals surface area contributed by atoms with E-state index in [2.05, 4.69) is 4.98 Å². The van der Waals surface area contributed by atoms with E-state index in [1.807, 2.05) is 18.2 Å². The number of benzene rings is 2. The molecular formula is C18H11NO3. The van der Waals surface area contributed by atoms with Gasteiger partial charge in [0, 0.05) is 16.3 Å². The van der Waals surface area contributed by atoms with Gasteiger partial charge in [-0.3, -0.25) is 4.79 Å². The van der Waals surface area contributed by atoms with Crippen molar-refractivity contribution in [3.05, 3.63) is 64.5 Å². The first-order chi connectivity index (χ1) is 10.6. The number of pyridine rings is 1. The van der Waals surface area contributed by atoms with Crippen LogP contribution in [0.15, 0.2) is 57.7 Å². The fourth-order valence-corrected chi connectivity index (χ4v) is 2.66. The molecule has 106 valence electrons. The van der Waals surface area contributed by atoms with Gasteiger partial charge in [0.05, 0.1) is 16.4 Å². The van der Waals surface area contributed by atoms with Gasteiger partial charge in [0.15, 0.2) is 5.78 Å². The number of carbonyl (C=O) groups is 1. The van der Waals surface area contributed by atoms with Gasteiger partial charge in [0.2, 0.25) is 0 Å². The molecule has 4 aromatic rings. The smallest absolute Gasteiger partial charge is 0.345 e. The quantitative estimate of drug-likeness (QED) is 0.232. The number of hydrogen-bond acceptors (Lipinski definition) is 4. The molecule has 2 aromatic carbocycles. The van der Waals surface area contributed by atoms with E-state index < -0.39 is 5.63 Å². The number of fused-ring (bicyclic) bond motifs is 4. The summed E-state index contributed by atoms with van der Waals surface area (Å²) in [4.78, 5) is 28.3. The average Bonchev–Trinajstić information content (AvgIpc) is 2.53. The van der Waals surface area contributed by atoms with Crippen LogP contribution in [0.25, 0.3) is 32.8 Å². The normalized spacial score (nSPS) is 11.3. The summed E-state index contributed by atoms with van der Waals surface area (Å²) < 4.78 is 5.34. The summed E-state index contributed by atoms with van der Waals surface area (Å²) in [6, 6.07) is 14.4. The maximum atomic E-state index is 12.2. The van der Waals surface area contributed by atoms with Crippen molar-refractivity contribution in [3.8, 4) is 0 Å². The molecule has 22 heavy (non-hydrogen) atoms. The van der Waals surface area contributed by atoms with Crippen molar-refractivity contribution >= 4 is 38.6 Å². The molecule has 0 unspecified atom stereocenters. The second kappa shape index (κ2) is 4.49. The Morgan fingerprint density at radius 3 is 2.68 bits per heavy atom. The van der Waals surface area contributed by atoms with Gasteiger partial charge in [-0.05, 0) is 43.3 Å². The van der Waals surface area contributed by atoms with E-state index >= 15 is 0 Å². The Kier molecular flexibility index (Phi) is 2.60. The fraction of sp³-hybridized carbons (Fsp3) is 0.0556. The molecule has 0 aliphatic rings. The number of para-hydroxylation sites is 1. The monoisotopic (exact) mass is 289 g/mol. The number of Topliss-reactive ketones (excluding diaryl/α,β-unsaturated/α-hetero) is 1. The van der Waals surface area contributed by atoms with E-state index in [0.717, 1.165) is 16.3 Å². The molecule has 0 radical (unpaired) electrons. The van der Waals surface area contributed by atoms with Gasteiger partial charge in [-0.25, -0.2) is 9.78 Å². The van der Waals surface area contributed by atoms with Crippen LogP contribution in [0, 0.1) is 0 Å². The molecule has 0 aliphatic heterocycles. The Morgan fingerprint density at radius 1 is 1.05 bits per heavy atom. The summed E-state index contributed by atoms with van der Waals surface area (Å²) in [7, 11) is 0. The molecule has 0 bridgehead atoms. The Labute approximate surface area is 125 Å². The molecule has 0 fully saturated rings. The first kappa shape index (κ1) is 12.7. The minimum atomic E-state index is -0.420. The van der Waals surface area contributed by atoms with Gasteiger partial charge in [0.1, 0.15) is 5.58 Å². The first-order valence-corrected chi connectivity index (χ1v) is 6.91. The molecule has 2 aromatic heterocycles. The van der Waals surface area contributed by atoms with Crippen LogP contribution in [-0.2, 0) is 0 Å². The van der Waals surface area contributed by atoms with Gasteiger partial charge in [-0.1, -0.05) is 12.1 Å². The molecule has 0 amide bonds. The van der Waals surface area contributed by atoms with Gasteiger partial charge < -0.3 is 4.42 Å². The van der Waals surface area contributed by atoms with Crippen LogP contribution in [0.3, 0.4) is 0 Å². The van der Waals surface area contributed by atoms with Crippen molar-refractivity contribution in [1.82, 2.24) is 4.98 Å². The minimum Gasteiger partial charge on any atom is -0.422 e. The van der Waals surface area contributed by atoms with E-state index in [0.29, 0.717) is 22.0 Å². The van der Waals surface area contributed by atoms with Crippen molar-refractivity contribution in [3.63, 3.8) is 0 Å². The van der Waals surface area contributed by atoms with Gasteiger partial charge >= 0.3 is 5.63 Å². The highest BCUT2D eigenvalue weighted by molar-refractivity contribution is 6.06. The maximum Gasteiger partial charge on any atom is 0.345 e. The molecule has 0 spiro atoms. The summed E-state index contributed by atoms with van der Waals surface area (Å²) in [5.74, 6) is -0.0208. The predicted octanol–water partition coefficient (Wildman–Crippen LogP) is 3.70. The third-order valence-corrected chi connectivity index (χ3v) is 3.79. The molecule has 0 saturated heterocycles. The Hall–Kier alpha value is -3.01. The lowest BCUT2D eigenvalue weighted by Gasteiger charge is -2.05. The summed E-state index contributed by atoms with van der Waals surface area (Å²) in [5.41, 5.74) is 2.06. The van der Waals surface area contributed by atoms with Crippen molar-refractivity contribution in [2.24, 2.45) is 0 Å². The highest BCUT2D eigenvalue weighted by Crippen LogP contribution is 2.25. The zero-order valence-corrected chi connectivity index (χ0v) is 11.8. The predicted molar refractivity (Wildman–Crippen MR) is 85.3 cm³/mol. The van der Waals surface area contributed by atoms with Crippen LogP contribution in [0.1, 0.15) is 17.3 Å². The average molecular weight is 289 g/mol. The summed E-state index contributed by atoms with van der Waals surface area (Å²) >= 11 is 0. The molecule has 4 rings (SSSR count). The molecular weight excluding hydrogens is 278 g/mol. The second-order valence-electron chi connectivity index (χ2n) is 5.23. The third-order valence-electron chi connectivity index (χ3n) is 3.79. The minimum absolute atomic E-state index is 0.0208. The summed E-state index contributed by atoms with van der Waals surface area (Å²) in [6.07, 6.45) is 0. The zero-order chi connectivity index (χ0) is 15.3. The number of aromatic nitrogens is 1. The fourth-order valence-electron chi connectivity index (χ4n) is 2.66. The molecule has 0 atom stereocenters. The number of ketones is 1. The standard InChI is InChI=1S/C18H11NO3/c1-10(20)11-6-7-15-12(8-11)9-14-17(19-15)13-4-2-3-5-16(13)22-18(14)21/h2-9H,1H3. The van der Waals surface area contributed by atoms with Crippen molar-refractivity contribution in [2.75, 3.05) is 0 Å². The number of hydrogen-bond donors (Lipinski definition) is 0. The molecule has 2 heterocycles. The number of nitrogens with zero attached hydrogens (tertiary/aromatic N) is 1. The topological polar surface area (TPSA) is 60.2 Å². The number of rotatable bonds is 1. The highest BCUT2D eigenvalue weighted by atomic mass is 16.4. The number of carbonyl (C=O) groups excluding carboxylic acids is 1. The van der Waals surface area contributed by atoms with Crippen molar-refractivity contribution in [2.45, 2.75) is 6.92 Å². The molecule has 0 saturated carbocycles. The maximum absolute atomic E-state index is 12.2. The first-order valence-electron chi connectivity index (χ1n) is 6.91. The highest BCUT2D eigenvalue weighted by Gasteiger charge is 2.10. The zero-order valence-electron chi connectivity index (χ0n) is 11.8. The van der Waals surface area contributed by atoms with E-state index in [1.54, 1.807) is 30.3 Å². The van der Waals surface area contributed by atoms with Gasteiger partial charge in [0.25, 0.3) is 0 Å². The lowest BCUT2D eigenvalue weighted by Crippen LogP contribution is -2.01. The van der Waals surface area contributed by atoms with E-state index in [-0.39, 0.29) is 5.78 Å². The van der Waals surface area contributed by atoms with Crippen LogP contribution >= 0.6 is 0 Å². The van der Waals surface area contributed by atoms with Crippen LogP contribution in [0.5, 0.6) is 0 Å². The Balaban J connectivity index is 2.19. The van der Waals surface area contributed by atoms with Crippen LogP contribution in [0.4, 0.5) is 0 Å². The summed E-state index contributed by atoms with van der Waals surface area (Å²) in [5, 5.41) is 1.98. The lowest BCUT2D eigenvalue weighted by atomic mass is 10.1. The third kappa shape index (κ3) is 1.81. The largest absolute Gasteiger partial charge is 0.422 e. The van der Waals surface area contributed by atoms with E-state index in [1.165, 1.54) is 6.92 Å². The van der Waals surface area contributed by atoms with Crippen LogP contribution < -0.4 is 5.63 Å². The van der Waals surface area contributed by atoms with Crippen LogP contribution in [-0.4, -0.2) is 10.8 Å². The van der Waals surface area contributed by atoms with Crippen molar-refractivity contribution in [1.29, 1.82) is 0 Å². The Bertz CT molecular complexity index is 1130. The van der Waals surface area contributed by atoms with E-state index in [9.17, 15) is 9.59 Å². The second-order valence-corrected chi connectivity index (χ2v) is 5.23. The van der Waals surface area contributed by atoms with E-state index in [4.69, 9.17) is 4.42 Å². The summed E-state index contributed by atoms with van der Waals surface area (Å²) in [6.45, 7) is 1.51. The van der Waals surface area contributed by atoms with Gasteiger partial charge in [-0.2, -0.15) is 0 Å². The molecule has 4 nitrogen and oxygen atoms in total. The lowest BCUT2D eigenvalue weighted by molar-refractivity contribution is 0.101. The molecule has 0 aliphatic carbocycles. The van der Waals surface area contributed by atoms with Gasteiger partial charge in [-0.15, -0.1) is 0 Å². The van der Waals surface area contributed by atoms with Crippen molar-refractivity contribution < 1.29 is 9.21 Å². The SMILES string of the molecule is CC(=O)c1ccc2nc3c(cc2c1)c(=O)oc1ccccc13. The molecule has 0 N–H and O–H groups in total. The Morgan fingerprint density at radius 2 is 1.86 bits per heavy atom.